The van der Waals surface area contributed by atoms with Crippen LogP contribution in [0.1, 0.15) is 53.4 Å². The molecule has 16 heavy (non-hydrogen) atoms. The Kier molecular flexibility index (Phi) is 5.27. The molecule has 3 atom stereocenters. The van der Waals surface area contributed by atoms with E-state index in [1.54, 1.807) is 0 Å². The molecule has 0 aromatic rings. The molecule has 0 saturated heterocycles. The fourth-order valence-electron chi connectivity index (χ4n) is 2.53. The van der Waals surface area contributed by atoms with E-state index in [4.69, 9.17) is 0 Å². The van der Waals surface area contributed by atoms with Crippen LogP contribution in [0, 0.1) is 11.8 Å². The maximum Gasteiger partial charge on any atom is 0.0754 e. The predicted octanol–water partition coefficient (Wildman–Crippen LogP) is 4.09. The molecule has 0 saturated carbocycles. The molecule has 1 heteroatoms. The Balaban J connectivity index is 2.42. The maximum atomic E-state index is 10.0. The van der Waals surface area contributed by atoms with Gasteiger partial charge in [-0.1, -0.05) is 30.2 Å². The average Bonchev–Trinajstić information content (AvgIpc) is 2.16. The zero-order chi connectivity index (χ0) is 12.1. The van der Waals surface area contributed by atoms with Crippen LogP contribution in [-0.2, 0) is 0 Å². The van der Waals surface area contributed by atoms with Crippen molar-refractivity contribution in [3.8, 4) is 0 Å². The van der Waals surface area contributed by atoms with Gasteiger partial charge in [-0.2, -0.15) is 0 Å². The van der Waals surface area contributed by atoms with Gasteiger partial charge < -0.3 is 5.11 Å². The van der Waals surface area contributed by atoms with Gasteiger partial charge >= 0.3 is 0 Å². The number of hydrogen-bond donors (Lipinski definition) is 1. The molecule has 0 radical (unpaired) electrons. The third-order valence-corrected chi connectivity index (χ3v) is 3.67. The molecule has 0 fully saturated rings. The number of hydrogen-bond acceptors (Lipinski definition) is 1. The van der Waals surface area contributed by atoms with Crippen molar-refractivity contribution in [1.29, 1.82) is 0 Å². The van der Waals surface area contributed by atoms with E-state index in [1.807, 2.05) is 6.08 Å². The summed E-state index contributed by atoms with van der Waals surface area (Å²) < 4.78 is 0. The highest BCUT2D eigenvalue weighted by Gasteiger charge is 2.26. The van der Waals surface area contributed by atoms with Crippen molar-refractivity contribution in [2.75, 3.05) is 0 Å². The monoisotopic (exact) mass is 222 g/mol. The van der Waals surface area contributed by atoms with Crippen molar-refractivity contribution in [3.05, 3.63) is 23.3 Å². The Hall–Kier alpha value is -0.560. The molecule has 0 aliphatic heterocycles. The molecule has 0 aromatic carbocycles. The molecule has 0 amide bonds. The van der Waals surface area contributed by atoms with E-state index in [0.29, 0.717) is 11.8 Å². The van der Waals surface area contributed by atoms with Gasteiger partial charge in [0.25, 0.3) is 0 Å². The van der Waals surface area contributed by atoms with Gasteiger partial charge in [-0.15, -0.1) is 0 Å². The molecule has 92 valence electrons. The lowest BCUT2D eigenvalue weighted by Crippen LogP contribution is -2.28. The van der Waals surface area contributed by atoms with E-state index in [2.05, 4.69) is 33.8 Å². The molecule has 1 rings (SSSR count). The number of allylic oxidation sites excluding steroid dienone is 3. The van der Waals surface area contributed by atoms with Gasteiger partial charge in [0.1, 0.15) is 0 Å². The summed E-state index contributed by atoms with van der Waals surface area (Å²) in [5.74, 6) is 1.09. The lowest BCUT2D eigenvalue weighted by Gasteiger charge is -2.30. The maximum absolute atomic E-state index is 10.0. The minimum Gasteiger partial charge on any atom is -0.389 e. The number of aliphatic hydroxyl groups is 1. The van der Waals surface area contributed by atoms with Crippen LogP contribution in [-0.4, -0.2) is 11.2 Å². The summed E-state index contributed by atoms with van der Waals surface area (Å²) in [7, 11) is 0. The van der Waals surface area contributed by atoms with Crippen LogP contribution in [0.3, 0.4) is 0 Å². The Bertz CT molecular complexity index is 271. The first-order valence-corrected chi connectivity index (χ1v) is 6.49. The lowest BCUT2D eigenvalue weighted by molar-refractivity contribution is 0.0993. The summed E-state index contributed by atoms with van der Waals surface area (Å²) in [6.45, 7) is 8.69. The fraction of sp³-hybridized carbons (Fsp3) is 0.733. The number of aliphatic hydroxyl groups excluding tert-OH is 1. The Morgan fingerprint density at radius 2 is 2.25 bits per heavy atom. The molecule has 0 spiro atoms. The first-order valence-electron chi connectivity index (χ1n) is 6.49. The summed E-state index contributed by atoms with van der Waals surface area (Å²) in [6.07, 6.45) is 8.79. The van der Waals surface area contributed by atoms with Crippen molar-refractivity contribution in [3.63, 3.8) is 0 Å². The summed E-state index contributed by atoms with van der Waals surface area (Å²) in [5.41, 5.74) is 2.74. The second kappa shape index (κ2) is 6.24. The van der Waals surface area contributed by atoms with E-state index in [1.165, 1.54) is 17.6 Å². The molecule has 1 aliphatic rings. The lowest BCUT2D eigenvalue weighted by atomic mass is 9.78. The van der Waals surface area contributed by atoms with Crippen LogP contribution in [0.2, 0.25) is 0 Å². The standard InChI is InChI=1S/C15H26O/c1-11(2)6-5-7-13(4)14-9-8-12(3)10-15(14)16/h6,10,13-16H,5,7-9H2,1-4H3/t13-,14-,15+/m0/s1. The van der Waals surface area contributed by atoms with Crippen LogP contribution in [0.4, 0.5) is 0 Å². The molecule has 0 heterocycles. The minimum atomic E-state index is -0.213. The van der Waals surface area contributed by atoms with Gasteiger partial charge in [-0.25, -0.2) is 0 Å². The molecular formula is C15H26O. The molecule has 0 unspecified atom stereocenters. The second-order valence-corrected chi connectivity index (χ2v) is 5.54. The van der Waals surface area contributed by atoms with Crippen LogP contribution in [0.5, 0.6) is 0 Å². The van der Waals surface area contributed by atoms with Gasteiger partial charge in [0.05, 0.1) is 6.10 Å². The molecule has 0 bridgehead atoms. The summed E-state index contributed by atoms with van der Waals surface area (Å²) >= 11 is 0. The highest BCUT2D eigenvalue weighted by Crippen LogP contribution is 2.31. The van der Waals surface area contributed by atoms with E-state index < -0.39 is 0 Å². The first kappa shape index (κ1) is 13.5. The molecule has 1 N–H and O–H groups in total. The van der Waals surface area contributed by atoms with Crippen molar-refractivity contribution in [1.82, 2.24) is 0 Å². The third-order valence-electron chi connectivity index (χ3n) is 3.67. The van der Waals surface area contributed by atoms with Crippen molar-refractivity contribution in [2.45, 2.75) is 59.5 Å². The van der Waals surface area contributed by atoms with Crippen LogP contribution >= 0.6 is 0 Å². The van der Waals surface area contributed by atoms with Crippen LogP contribution in [0.25, 0.3) is 0 Å². The average molecular weight is 222 g/mol. The van der Waals surface area contributed by atoms with Crippen LogP contribution < -0.4 is 0 Å². The normalized spacial score (nSPS) is 27.2. The molecule has 1 aliphatic carbocycles. The fourth-order valence-corrected chi connectivity index (χ4v) is 2.53. The van der Waals surface area contributed by atoms with Gasteiger partial charge in [0.15, 0.2) is 0 Å². The zero-order valence-electron chi connectivity index (χ0n) is 11.2. The van der Waals surface area contributed by atoms with E-state index in [0.717, 1.165) is 19.3 Å². The SMILES string of the molecule is CC(C)=CCC[C@H](C)[C@@H]1CCC(C)=C[C@H]1O. The first-order chi connectivity index (χ1) is 7.50. The largest absolute Gasteiger partial charge is 0.389 e. The second-order valence-electron chi connectivity index (χ2n) is 5.54. The van der Waals surface area contributed by atoms with E-state index in [9.17, 15) is 5.11 Å². The van der Waals surface area contributed by atoms with Gasteiger partial charge in [0.2, 0.25) is 0 Å². The van der Waals surface area contributed by atoms with Crippen molar-refractivity contribution >= 4 is 0 Å². The van der Waals surface area contributed by atoms with E-state index >= 15 is 0 Å². The zero-order valence-corrected chi connectivity index (χ0v) is 11.2. The van der Waals surface area contributed by atoms with Crippen molar-refractivity contribution < 1.29 is 5.11 Å². The smallest absolute Gasteiger partial charge is 0.0754 e. The van der Waals surface area contributed by atoms with E-state index in [-0.39, 0.29) is 6.10 Å². The topological polar surface area (TPSA) is 20.2 Å². The Morgan fingerprint density at radius 1 is 1.56 bits per heavy atom. The summed E-state index contributed by atoms with van der Waals surface area (Å²) in [6, 6.07) is 0. The summed E-state index contributed by atoms with van der Waals surface area (Å²) in [4.78, 5) is 0. The molecule has 0 aromatic heterocycles. The predicted molar refractivity (Wildman–Crippen MR) is 70.3 cm³/mol. The van der Waals surface area contributed by atoms with Gasteiger partial charge in [0, 0.05) is 0 Å². The molecular weight excluding hydrogens is 196 g/mol. The Morgan fingerprint density at radius 3 is 2.81 bits per heavy atom. The van der Waals surface area contributed by atoms with Gasteiger partial charge in [-0.05, 0) is 58.3 Å². The summed E-state index contributed by atoms with van der Waals surface area (Å²) in [5, 5.41) is 10.0. The molecule has 1 nitrogen and oxygen atoms in total. The Labute approximate surface area is 100 Å². The van der Waals surface area contributed by atoms with Gasteiger partial charge in [-0.3, -0.25) is 0 Å². The van der Waals surface area contributed by atoms with Crippen molar-refractivity contribution in [2.24, 2.45) is 11.8 Å². The minimum absolute atomic E-state index is 0.213. The highest BCUT2D eigenvalue weighted by molar-refractivity contribution is 5.08. The quantitative estimate of drug-likeness (QED) is 0.710. The van der Waals surface area contributed by atoms with Crippen LogP contribution in [0.15, 0.2) is 23.3 Å². The number of rotatable bonds is 4. The highest BCUT2D eigenvalue weighted by atomic mass is 16.3. The third kappa shape index (κ3) is 4.13.